The second-order valence-corrected chi connectivity index (χ2v) is 12.6. The fraction of sp³-hybridized carbons (Fsp3) is 0.143. The summed E-state index contributed by atoms with van der Waals surface area (Å²) in [6.45, 7) is 0. The van der Waals surface area contributed by atoms with E-state index < -0.39 is 5.67 Å². The van der Waals surface area contributed by atoms with Crippen LogP contribution in [0.3, 0.4) is 0 Å². The molecule has 2 rings (SSSR count). The largest absolute Gasteiger partial charge is 0.196 e. The van der Waals surface area contributed by atoms with Crippen LogP contribution in [0.1, 0.15) is 0 Å². The van der Waals surface area contributed by atoms with Crippen LogP contribution >= 0.6 is 28.4 Å². The predicted octanol–water partition coefficient (Wildman–Crippen LogP) is 4.21. The van der Waals surface area contributed by atoms with Crippen molar-refractivity contribution in [1.82, 2.24) is 0 Å². The van der Waals surface area contributed by atoms with Crippen molar-refractivity contribution in [2.45, 2.75) is 0 Å². The number of rotatable bonds is 4. The minimum absolute atomic E-state index is 1.33. The van der Waals surface area contributed by atoms with Crippen LogP contribution in [0.5, 0.6) is 0 Å². The molecule has 0 aliphatic carbocycles. The fourth-order valence-corrected chi connectivity index (χ4v) is 10.1. The Hall–Kier alpha value is -0.430. The van der Waals surface area contributed by atoms with Crippen LogP contribution in [0.2, 0.25) is 0 Å². The van der Waals surface area contributed by atoms with Gasteiger partial charge in [0.05, 0.1) is 0 Å². The zero-order valence-corrected chi connectivity index (χ0v) is 12.6. The highest BCUT2D eigenvalue weighted by molar-refractivity contribution is 8.98. The molecule has 0 saturated heterocycles. The SMILES string of the molecule is CS[P+](SC)(c1ccccc1)c1ccccc1. The van der Waals surface area contributed by atoms with E-state index in [-0.39, 0.29) is 0 Å². The minimum atomic E-state index is -1.33. The molecular weight excluding hydrogens is 263 g/mol. The average Bonchev–Trinajstić information content (AvgIpc) is 2.43. The van der Waals surface area contributed by atoms with Crippen LogP contribution in [0.25, 0.3) is 0 Å². The summed E-state index contributed by atoms with van der Waals surface area (Å²) in [5, 5.41) is 2.93. The topological polar surface area (TPSA) is 0 Å². The summed E-state index contributed by atoms with van der Waals surface area (Å²) in [7, 11) is 0. The van der Waals surface area contributed by atoms with Gasteiger partial charge < -0.3 is 0 Å². The zero-order valence-electron chi connectivity index (χ0n) is 10.0. The van der Waals surface area contributed by atoms with Gasteiger partial charge in [-0.05, 0) is 24.3 Å². The molecule has 0 aliphatic heterocycles. The average molecular weight is 279 g/mol. The smallest absolute Gasteiger partial charge is 0.0620 e. The van der Waals surface area contributed by atoms with Crippen LogP contribution in [0.4, 0.5) is 0 Å². The van der Waals surface area contributed by atoms with Crippen molar-refractivity contribution >= 4 is 39.0 Å². The van der Waals surface area contributed by atoms with E-state index in [0.717, 1.165) is 0 Å². The Kier molecular flexibility index (Phi) is 4.55. The lowest BCUT2D eigenvalue weighted by atomic mass is 10.4. The summed E-state index contributed by atoms with van der Waals surface area (Å²) >= 11 is 4.00. The molecule has 0 aromatic heterocycles. The Morgan fingerprint density at radius 3 is 1.29 bits per heavy atom. The number of benzene rings is 2. The number of hydrogen-bond acceptors (Lipinski definition) is 2. The van der Waals surface area contributed by atoms with Gasteiger partial charge in [0.25, 0.3) is 0 Å². The lowest BCUT2D eigenvalue weighted by Gasteiger charge is -2.20. The van der Waals surface area contributed by atoms with E-state index in [1.165, 1.54) is 10.6 Å². The van der Waals surface area contributed by atoms with Gasteiger partial charge in [-0.15, -0.1) is 0 Å². The molecule has 88 valence electrons. The van der Waals surface area contributed by atoms with Crippen LogP contribution in [-0.4, -0.2) is 12.5 Å². The molecule has 0 amide bonds. The maximum Gasteiger partial charge on any atom is 0.196 e. The normalized spacial score (nSPS) is 11.4. The van der Waals surface area contributed by atoms with Gasteiger partial charge in [-0.1, -0.05) is 36.4 Å². The van der Waals surface area contributed by atoms with E-state index in [0.29, 0.717) is 0 Å². The van der Waals surface area contributed by atoms with Gasteiger partial charge >= 0.3 is 0 Å². The third-order valence-corrected chi connectivity index (χ3v) is 14.0. The van der Waals surface area contributed by atoms with E-state index in [9.17, 15) is 0 Å². The summed E-state index contributed by atoms with van der Waals surface area (Å²) < 4.78 is 0. The molecule has 2 aromatic rings. The monoisotopic (exact) mass is 279 g/mol. The first-order chi connectivity index (χ1) is 8.33. The van der Waals surface area contributed by atoms with Crippen molar-refractivity contribution in [1.29, 1.82) is 0 Å². The second-order valence-electron chi connectivity index (χ2n) is 3.59. The molecular formula is C14H16PS2+. The fourth-order valence-electron chi connectivity index (χ4n) is 1.89. The highest BCUT2D eigenvalue weighted by Crippen LogP contribution is 2.75. The lowest BCUT2D eigenvalue weighted by Crippen LogP contribution is -2.16. The molecule has 0 bridgehead atoms. The Bertz CT molecular complexity index is 411. The lowest BCUT2D eigenvalue weighted by molar-refractivity contribution is 1.76. The van der Waals surface area contributed by atoms with Gasteiger partial charge in [0.15, 0.2) is 5.67 Å². The molecule has 17 heavy (non-hydrogen) atoms. The molecule has 0 aliphatic rings. The van der Waals surface area contributed by atoms with Crippen LogP contribution in [0.15, 0.2) is 60.7 Å². The summed E-state index contributed by atoms with van der Waals surface area (Å²) in [6, 6.07) is 21.8. The molecule has 0 radical (unpaired) electrons. The maximum absolute atomic E-state index is 2.26. The van der Waals surface area contributed by atoms with Gasteiger partial charge in [-0.25, -0.2) is 0 Å². The van der Waals surface area contributed by atoms with Crippen molar-refractivity contribution in [2.75, 3.05) is 12.5 Å². The van der Waals surface area contributed by atoms with Gasteiger partial charge in [-0.2, -0.15) is 0 Å². The Labute approximate surface area is 112 Å². The van der Waals surface area contributed by atoms with Crippen molar-refractivity contribution in [3.05, 3.63) is 60.7 Å². The first-order valence-corrected chi connectivity index (χ1v) is 10.9. The molecule has 0 saturated carbocycles. The Balaban J connectivity index is 2.54. The molecule has 0 N–H and O–H groups in total. The van der Waals surface area contributed by atoms with Crippen molar-refractivity contribution in [2.24, 2.45) is 0 Å². The quantitative estimate of drug-likeness (QED) is 0.769. The highest BCUT2D eigenvalue weighted by atomic mass is 33.1. The molecule has 0 fully saturated rings. The van der Waals surface area contributed by atoms with Gasteiger partial charge in [0, 0.05) is 35.3 Å². The van der Waals surface area contributed by atoms with E-state index >= 15 is 0 Å². The van der Waals surface area contributed by atoms with E-state index in [1.807, 2.05) is 22.8 Å². The van der Waals surface area contributed by atoms with Gasteiger partial charge in [-0.3, -0.25) is 0 Å². The first kappa shape index (κ1) is 13.0. The first-order valence-electron chi connectivity index (χ1n) is 5.45. The second kappa shape index (κ2) is 5.95. The third-order valence-electron chi connectivity index (χ3n) is 2.71. The summed E-state index contributed by atoms with van der Waals surface area (Å²) in [5.74, 6) is 0. The maximum atomic E-state index is 2.26. The van der Waals surface area contributed by atoms with E-state index in [2.05, 4.69) is 73.2 Å². The molecule has 2 aromatic carbocycles. The minimum Gasteiger partial charge on any atom is -0.0620 e. The molecule has 3 heteroatoms. The third kappa shape index (κ3) is 2.54. The highest BCUT2D eigenvalue weighted by Gasteiger charge is 2.43. The molecule has 0 heterocycles. The summed E-state index contributed by atoms with van der Waals surface area (Å²) in [5.41, 5.74) is -1.33. The standard InChI is InChI=1S/C14H16PS2/c1-16-15(17-2,13-9-5-3-6-10-13)14-11-7-4-8-12-14/h3-12H,1-2H3/q+1. The van der Waals surface area contributed by atoms with Crippen LogP contribution in [-0.2, 0) is 0 Å². The van der Waals surface area contributed by atoms with E-state index in [4.69, 9.17) is 0 Å². The van der Waals surface area contributed by atoms with Crippen molar-refractivity contribution in [3.8, 4) is 0 Å². The number of hydrogen-bond donors (Lipinski definition) is 0. The molecule has 0 nitrogen and oxygen atoms in total. The van der Waals surface area contributed by atoms with E-state index in [1.54, 1.807) is 0 Å². The van der Waals surface area contributed by atoms with Crippen molar-refractivity contribution < 1.29 is 0 Å². The van der Waals surface area contributed by atoms with Gasteiger partial charge in [0.1, 0.15) is 10.6 Å². The summed E-state index contributed by atoms with van der Waals surface area (Å²) in [6.07, 6.45) is 4.45. The Morgan fingerprint density at radius 1 is 0.647 bits per heavy atom. The molecule has 0 atom stereocenters. The summed E-state index contributed by atoms with van der Waals surface area (Å²) in [4.78, 5) is 0. The molecule has 0 spiro atoms. The van der Waals surface area contributed by atoms with Crippen molar-refractivity contribution in [3.63, 3.8) is 0 Å². The molecule has 0 unspecified atom stereocenters. The van der Waals surface area contributed by atoms with Gasteiger partial charge in [0.2, 0.25) is 0 Å². The van der Waals surface area contributed by atoms with Crippen LogP contribution < -0.4 is 10.6 Å². The zero-order chi connectivity index (χ0) is 12.1. The predicted molar refractivity (Wildman–Crippen MR) is 86.1 cm³/mol. The Morgan fingerprint density at radius 2 is 1.00 bits per heavy atom. The van der Waals surface area contributed by atoms with Crippen LogP contribution in [0, 0.1) is 0 Å².